The number of carbonyl (C=O) groups is 2. The number of carbonyl (C=O) groups excluding carboxylic acids is 2. The van der Waals surface area contributed by atoms with Gasteiger partial charge in [0.25, 0.3) is 11.5 Å². The quantitative estimate of drug-likeness (QED) is 0.463. The molecule has 3 aromatic rings. The summed E-state index contributed by atoms with van der Waals surface area (Å²) < 4.78 is 20.7. The van der Waals surface area contributed by atoms with Gasteiger partial charge < -0.3 is 9.64 Å². The van der Waals surface area contributed by atoms with Gasteiger partial charge in [-0.3, -0.25) is 9.59 Å². The predicted octanol–water partition coefficient (Wildman–Crippen LogP) is 3.44. The van der Waals surface area contributed by atoms with Gasteiger partial charge in [-0.25, -0.2) is 13.9 Å². The molecule has 9 heteroatoms. The van der Waals surface area contributed by atoms with Crippen molar-refractivity contribution in [3.8, 4) is 6.07 Å². The second kappa shape index (κ2) is 11.0. The molecule has 0 radical (unpaired) electrons. The maximum Gasteiger partial charge on any atom is 0.359 e. The molecule has 0 unspecified atom stereocenters. The Morgan fingerprint density at radius 1 is 1.15 bits per heavy atom. The Bertz CT molecular complexity index is 1270. The fourth-order valence-electron chi connectivity index (χ4n) is 3.33. The molecule has 3 rings (SSSR count). The smallest absolute Gasteiger partial charge is 0.359 e. The topological polar surface area (TPSA) is 105 Å². The molecule has 0 spiro atoms. The number of aromatic nitrogens is 2. The normalized spacial score (nSPS) is 10.6. The van der Waals surface area contributed by atoms with Gasteiger partial charge in [0.1, 0.15) is 5.82 Å². The Morgan fingerprint density at radius 2 is 1.85 bits per heavy atom. The summed E-state index contributed by atoms with van der Waals surface area (Å²) in [5.41, 5.74) is -0.400. The molecule has 0 saturated carbocycles. The summed E-state index contributed by atoms with van der Waals surface area (Å²) in [7, 11) is 0. The zero-order valence-electron chi connectivity index (χ0n) is 18.2. The molecule has 0 saturated heterocycles. The number of halogens is 1. The first-order chi connectivity index (χ1) is 16.0. The lowest BCUT2D eigenvalue weighted by atomic mass is 10.1. The Hall–Kier alpha value is -4.06. The molecular formula is C24H23FN4O4. The van der Waals surface area contributed by atoms with Crippen LogP contribution in [0.15, 0.2) is 53.3 Å². The highest BCUT2D eigenvalue weighted by Gasteiger charge is 2.23. The van der Waals surface area contributed by atoms with E-state index in [0.29, 0.717) is 23.7 Å². The van der Waals surface area contributed by atoms with E-state index in [1.165, 1.54) is 22.9 Å². The van der Waals surface area contributed by atoms with E-state index in [0.717, 1.165) is 11.3 Å². The summed E-state index contributed by atoms with van der Waals surface area (Å²) in [5, 5.41) is 13.7. The van der Waals surface area contributed by atoms with E-state index in [-0.39, 0.29) is 29.9 Å². The van der Waals surface area contributed by atoms with E-state index in [1.807, 2.05) is 13.0 Å². The molecule has 2 aromatic carbocycles. The molecule has 0 fully saturated rings. The van der Waals surface area contributed by atoms with Gasteiger partial charge in [-0.2, -0.15) is 10.4 Å². The van der Waals surface area contributed by atoms with Crippen molar-refractivity contribution >= 4 is 28.3 Å². The van der Waals surface area contributed by atoms with Crippen molar-refractivity contribution in [2.24, 2.45) is 0 Å². The Labute approximate surface area is 189 Å². The first-order valence-corrected chi connectivity index (χ1v) is 10.6. The third-order valence-electron chi connectivity index (χ3n) is 5.00. The molecule has 1 aromatic heterocycles. The van der Waals surface area contributed by atoms with Gasteiger partial charge in [0.2, 0.25) is 0 Å². The minimum atomic E-state index is -0.876. The van der Waals surface area contributed by atoms with E-state index < -0.39 is 24.3 Å². The standard InChI is InChI=1S/C24H23FN4O4/c1-2-3-15-29-23(31)18-10-5-4-9-17(18)22(27-29)24(32)33-16-21(30)28(14-8-13-26)20-12-7-6-11-19(20)25/h4-7,9-12H,2-3,8,14-16H2,1H3. The van der Waals surface area contributed by atoms with Gasteiger partial charge in [0.15, 0.2) is 12.3 Å². The number of hydrogen-bond acceptors (Lipinski definition) is 6. The van der Waals surface area contributed by atoms with Crippen LogP contribution in [0.25, 0.3) is 10.8 Å². The zero-order valence-corrected chi connectivity index (χ0v) is 18.2. The van der Waals surface area contributed by atoms with Crippen LogP contribution in [0.3, 0.4) is 0 Å². The van der Waals surface area contributed by atoms with Crippen LogP contribution in [0, 0.1) is 17.1 Å². The van der Waals surface area contributed by atoms with Gasteiger partial charge in [-0.1, -0.05) is 43.7 Å². The summed E-state index contributed by atoms with van der Waals surface area (Å²) in [5.74, 6) is -2.20. The van der Waals surface area contributed by atoms with Crippen molar-refractivity contribution in [1.82, 2.24) is 9.78 Å². The lowest BCUT2D eigenvalue weighted by Crippen LogP contribution is -2.36. The lowest BCUT2D eigenvalue weighted by Gasteiger charge is -2.22. The Kier molecular flexibility index (Phi) is 7.86. The summed E-state index contributed by atoms with van der Waals surface area (Å²) in [6.45, 7) is 1.58. The van der Waals surface area contributed by atoms with E-state index >= 15 is 0 Å². The fraction of sp³-hybridized carbons (Fsp3) is 0.292. The van der Waals surface area contributed by atoms with E-state index in [4.69, 9.17) is 10.00 Å². The van der Waals surface area contributed by atoms with Crippen LogP contribution in [0.2, 0.25) is 0 Å². The summed E-state index contributed by atoms with van der Waals surface area (Å²) in [4.78, 5) is 39.4. The highest BCUT2D eigenvalue weighted by Crippen LogP contribution is 2.20. The monoisotopic (exact) mass is 450 g/mol. The maximum atomic E-state index is 14.2. The number of hydrogen-bond donors (Lipinski definition) is 0. The van der Waals surface area contributed by atoms with E-state index in [2.05, 4.69) is 5.10 Å². The number of nitriles is 1. The van der Waals surface area contributed by atoms with Gasteiger partial charge in [-0.15, -0.1) is 0 Å². The SMILES string of the molecule is CCCCn1nc(C(=O)OCC(=O)N(CCC#N)c2ccccc2F)c2ccccc2c1=O. The number of benzene rings is 2. The third kappa shape index (κ3) is 5.41. The van der Waals surface area contributed by atoms with Crippen LogP contribution < -0.4 is 10.5 Å². The van der Waals surface area contributed by atoms with Crippen LogP contribution in [0.4, 0.5) is 10.1 Å². The first kappa shape index (κ1) is 23.6. The second-order valence-electron chi connectivity index (χ2n) is 7.26. The number of rotatable bonds is 9. The van der Waals surface area contributed by atoms with Gasteiger partial charge in [0.05, 0.1) is 23.6 Å². The van der Waals surface area contributed by atoms with Crippen LogP contribution in [0.1, 0.15) is 36.7 Å². The van der Waals surface area contributed by atoms with Crippen molar-refractivity contribution in [2.45, 2.75) is 32.7 Å². The van der Waals surface area contributed by atoms with Crippen molar-refractivity contribution < 1.29 is 18.7 Å². The number of ether oxygens (including phenoxy) is 1. The third-order valence-corrected chi connectivity index (χ3v) is 5.00. The number of esters is 1. The Morgan fingerprint density at radius 3 is 2.55 bits per heavy atom. The lowest BCUT2D eigenvalue weighted by molar-refractivity contribution is -0.121. The van der Waals surface area contributed by atoms with Crippen molar-refractivity contribution in [3.05, 3.63) is 70.4 Å². The molecule has 0 bridgehead atoms. The number of anilines is 1. The van der Waals surface area contributed by atoms with Crippen LogP contribution >= 0.6 is 0 Å². The molecule has 0 atom stereocenters. The highest BCUT2D eigenvalue weighted by molar-refractivity contribution is 6.03. The molecule has 0 N–H and O–H groups in total. The number of para-hydroxylation sites is 1. The fourth-order valence-corrected chi connectivity index (χ4v) is 3.33. The summed E-state index contributed by atoms with van der Waals surface area (Å²) in [6, 6.07) is 14.1. The van der Waals surface area contributed by atoms with Crippen molar-refractivity contribution in [2.75, 3.05) is 18.1 Å². The van der Waals surface area contributed by atoms with Gasteiger partial charge in [-0.05, 0) is 24.6 Å². The number of unbranched alkanes of at least 4 members (excludes halogenated alkanes) is 1. The van der Waals surface area contributed by atoms with Crippen LogP contribution in [-0.2, 0) is 16.1 Å². The van der Waals surface area contributed by atoms with Gasteiger partial charge in [0, 0.05) is 18.5 Å². The van der Waals surface area contributed by atoms with Crippen molar-refractivity contribution in [3.63, 3.8) is 0 Å². The molecule has 0 aliphatic rings. The minimum absolute atomic E-state index is 0.00881. The maximum absolute atomic E-state index is 14.2. The highest BCUT2D eigenvalue weighted by atomic mass is 19.1. The molecule has 33 heavy (non-hydrogen) atoms. The Balaban J connectivity index is 1.85. The van der Waals surface area contributed by atoms with Crippen LogP contribution in [-0.4, -0.2) is 34.8 Å². The number of fused-ring (bicyclic) bond motifs is 1. The second-order valence-corrected chi connectivity index (χ2v) is 7.26. The predicted molar refractivity (Wildman–Crippen MR) is 120 cm³/mol. The first-order valence-electron chi connectivity index (χ1n) is 10.6. The van der Waals surface area contributed by atoms with Crippen LogP contribution in [0.5, 0.6) is 0 Å². The van der Waals surface area contributed by atoms with Gasteiger partial charge >= 0.3 is 5.97 Å². The molecule has 1 amide bonds. The summed E-state index contributed by atoms with van der Waals surface area (Å²) >= 11 is 0. The van der Waals surface area contributed by atoms with Crippen molar-refractivity contribution in [1.29, 1.82) is 5.26 Å². The number of aryl methyl sites for hydroxylation is 1. The van der Waals surface area contributed by atoms with E-state index in [1.54, 1.807) is 30.3 Å². The molecule has 8 nitrogen and oxygen atoms in total. The average molecular weight is 450 g/mol. The molecule has 170 valence electrons. The molecule has 0 aliphatic carbocycles. The average Bonchev–Trinajstić information content (AvgIpc) is 2.83. The number of amides is 1. The summed E-state index contributed by atoms with van der Waals surface area (Å²) in [6.07, 6.45) is 1.52. The number of nitrogens with zero attached hydrogens (tertiary/aromatic N) is 4. The minimum Gasteiger partial charge on any atom is -0.451 e. The zero-order chi connectivity index (χ0) is 23.8. The molecule has 0 aliphatic heterocycles. The molecule has 1 heterocycles. The molecular weight excluding hydrogens is 427 g/mol. The van der Waals surface area contributed by atoms with E-state index in [9.17, 15) is 18.8 Å². The largest absolute Gasteiger partial charge is 0.451 e.